The molecule has 1 aromatic heterocycles. The maximum absolute atomic E-state index is 12.4. The smallest absolute Gasteiger partial charge is 0.385 e. The number of nitrogens with zero attached hydrogens (tertiary/aromatic N) is 1. The lowest BCUT2D eigenvalue weighted by molar-refractivity contribution is 0.312. The van der Waals surface area contributed by atoms with E-state index in [0.29, 0.717) is 23.9 Å². The van der Waals surface area contributed by atoms with E-state index >= 15 is 0 Å². The monoisotopic (exact) mass is 375 g/mol. The molecule has 0 atom stereocenters. The van der Waals surface area contributed by atoms with Crippen LogP contribution in [0.1, 0.15) is 19.3 Å². The molecule has 0 amide bonds. The minimum absolute atomic E-state index is 0.0308. The largest absolute Gasteiger partial charge is 0.508 e. The highest BCUT2D eigenvalue weighted by molar-refractivity contribution is 7.84. The average molecular weight is 375 g/mol. The van der Waals surface area contributed by atoms with E-state index in [0.717, 1.165) is 19.3 Å². The predicted molar refractivity (Wildman–Crippen MR) is 96.6 cm³/mol. The van der Waals surface area contributed by atoms with E-state index < -0.39 is 15.9 Å². The number of rotatable bonds is 3. The van der Waals surface area contributed by atoms with Crippen molar-refractivity contribution in [2.45, 2.75) is 19.3 Å². The van der Waals surface area contributed by atoms with E-state index in [4.69, 9.17) is 8.60 Å². The molecule has 4 rings (SSSR count). The molecule has 136 valence electrons. The van der Waals surface area contributed by atoms with Gasteiger partial charge < -0.3 is 13.7 Å². The van der Waals surface area contributed by atoms with Gasteiger partial charge in [0, 0.05) is 29.9 Å². The lowest BCUT2D eigenvalue weighted by Gasteiger charge is -2.25. The Morgan fingerprint density at radius 2 is 1.69 bits per heavy atom. The number of benzene rings is 2. The fourth-order valence-electron chi connectivity index (χ4n) is 3.22. The summed E-state index contributed by atoms with van der Waals surface area (Å²) in [6, 6.07) is 8.99. The first kappa shape index (κ1) is 16.9. The zero-order valence-electron chi connectivity index (χ0n) is 13.8. The van der Waals surface area contributed by atoms with Crippen LogP contribution < -0.4 is 9.81 Å². The molecule has 0 bridgehead atoms. The third-order valence-electron chi connectivity index (χ3n) is 4.50. The van der Waals surface area contributed by atoms with Crippen LogP contribution in [0.15, 0.2) is 45.6 Å². The van der Waals surface area contributed by atoms with Crippen molar-refractivity contribution >= 4 is 32.0 Å². The van der Waals surface area contributed by atoms with Crippen molar-refractivity contribution < 1.29 is 22.1 Å². The Bertz CT molecular complexity index is 1150. The number of hydrogen-bond donors (Lipinski definition) is 1. The van der Waals surface area contributed by atoms with Crippen LogP contribution in [0.4, 0.5) is 0 Å². The van der Waals surface area contributed by atoms with Crippen LogP contribution in [0.3, 0.4) is 0 Å². The van der Waals surface area contributed by atoms with Crippen LogP contribution >= 0.6 is 0 Å². The zero-order chi connectivity index (χ0) is 18.3. The van der Waals surface area contributed by atoms with Gasteiger partial charge in [0.2, 0.25) is 0 Å². The van der Waals surface area contributed by atoms with Gasteiger partial charge in [-0.25, -0.2) is 4.79 Å². The molecule has 1 N–H and O–H groups in total. The molecular formula is C18H17NO6S. The Kier molecular flexibility index (Phi) is 4.08. The van der Waals surface area contributed by atoms with Crippen molar-refractivity contribution in [3.05, 3.63) is 46.8 Å². The molecule has 0 spiro atoms. The summed E-state index contributed by atoms with van der Waals surface area (Å²) in [6.45, 7) is 0.887. The van der Waals surface area contributed by atoms with Crippen molar-refractivity contribution in [2.24, 2.45) is 0 Å². The van der Waals surface area contributed by atoms with E-state index in [1.165, 1.54) is 28.6 Å². The maximum Gasteiger partial charge on any atom is 0.385 e. The standard InChI is InChI=1S/C18H17NO6S/c20-12-4-6-14-15-7-5-13(11-17(15)24-18(21)16(14)10-12)25-26(22,23)19-8-2-1-3-9-19/h4-7,10-11,20H,1-3,8-9H2. The molecule has 1 aliphatic rings. The Hall–Kier alpha value is -2.58. The summed E-state index contributed by atoms with van der Waals surface area (Å²) >= 11 is 0. The van der Waals surface area contributed by atoms with E-state index in [-0.39, 0.29) is 22.5 Å². The normalized spacial score (nSPS) is 16.2. The van der Waals surface area contributed by atoms with Gasteiger partial charge in [-0.15, -0.1) is 0 Å². The maximum atomic E-state index is 12.4. The number of hydrogen-bond acceptors (Lipinski definition) is 6. The predicted octanol–water partition coefficient (Wildman–Crippen LogP) is 2.76. The van der Waals surface area contributed by atoms with Gasteiger partial charge in [-0.05, 0) is 43.2 Å². The summed E-state index contributed by atoms with van der Waals surface area (Å²) in [6.07, 6.45) is 2.64. The molecular weight excluding hydrogens is 358 g/mol. The van der Waals surface area contributed by atoms with E-state index in [1.54, 1.807) is 12.1 Å². The Balaban J connectivity index is 1.75. The molecule has 3 aromatic rings. The minimum atomic E-state index is -3.88. The van der Waals surface area contributed by atoms with E-state index in [2.05, 4.69) is 0 Å². The fourth-order valence-corrected chi connectivity index (χ4v) is 4.37. The Labute approximate surface area is 149 Å². The van der Waals surface area contributed by atoms with E-state index in [1.807, 2.05) is 0 Å². The minimum Gasteiger partial charge on any atom is -0.508 e. The van der Waals surface area contributed by atoms with Gasteiger partial charge in [-0.1, -0.05) is 6.42 Å². The molecule has 0 saturated carbocycles. The van der Waals surface area contributed by atoms with Crippen LogP contribution in [-0.4, -0.2) is 30.9 Å². The number of phenols is 1. The van der Waals surface area contributed by atoms with Gasteiger partial charge in [0.05, 0.1) is 5.39 Å². The molecule has 2 aromatic carbocycles. The first-order valence-electron chi connectivity index (χ1n) is 8.33. The SMILES string of the molecule is O=c1oc2cc(OS(=O)(=O)N3CCCCC3)ccc2c2ccc(O)cc12. The van der Waals surface area contributed by atoms with Gasteiger partial charge in [0.15, 0.2) is 0 Å². The number of piperidine rings is 1. The average Bonchev–Trinajstić information content (AvgIpc) is 2.62. The molecule has 0 aliphatic carbocycles. The zero-order valence-corrected chi connectivity index (χ0v) is 14.7. The second kappa shape index (κ2) is 6.30. The van der Waals surface area contributed by atoms with Crippen molar-refractivity contribution in [1.29, 1.82) is 0 Å². The van der Waals surface area contributed by atoms with Crippen molar-refractivity contribution in [2.75, 3.05) is 13.1 Å². The van der Waals surface area contributed by atoms with Gasteiger partial charge in [0.1, 0.15) is 17.1 Å². The molecule has 1 fully saturated rings. The van der Waals surface area contributed by atoms with Crippen LogP contribution in [0, 0.1) is 0 Å². The van der Waals surface area contributed by atoms with Gasteiger partial charge >= 0.3 is 15.9 Å². The van der Waals surface area contributed by atoms with Crippen LogP contribution in [0.2, 0.25) is 0 Å². The Morgan fingerprint density at radius 1 is 0.962 bits per heavy atom. The van der Waals surface area contributed by atoms with Crippen molar-refractivity contribution in [3.63, 3.8) is 0 Å². The lowest BCUT2D eigenvalue weighted by Crippen LogP contribution is -2.38. The molecule has 7 nitrogen and oxygen atoms in total. The van der Waals surface area contributed by atoms with Gasteiger partial charge in [-0.2, -0.15) is 12.7 Å². The highest BCUT2D eigenvalue weighted by Gasteiger charge is 2.26. The molecule has 1 saturated heterocycles. The van der Waals surface area contributed by atoms with Crippen molar-refractivity contribution in [3.8, 4) is 11.5 Å². The molecule has 0 radical (unpaired) electrons. The quantitative estimate of drug-likeness (QED) is 0.558. The molecule has 2 heterocycles. The Morgan fingerprint density at radius 3 is 2.46 bits per heavy atom. The van der Waals surface area contributed by atoms with Gasteiger partial charge in [-0.3, -0.25) is 0 Å². The van der Waals surface area contributed by atoms with Gasteiger partial charge in [0.25, 0.3) is 0 Å². The molecule has 0 unspecified atom stereocenters. The fraction of sp³-hybridized carbons (Fsp3) is 0.278. The second-order valence-electron chi connectivity index (χ2n) is 6.28. The van der Waals surface area contributed by atoms with E-state index in [9.17, 15) is 18.3 Å². The molecule has 26 heavy (non-hydrogen) atoms. The highest BCUT2D eigenvalue weighted by Crippen LogP contribution is 2.29. The van der Waals surface area contributed by atoms with Crippen LogP contribution in [-0.2, 0) is 10.3 Å². The second-order valence-corrected chi connectivity index (χ2v) is 7.82. The summed E-state index contributed by atoms with van der Waals surface area (Å²) in [7, 11) is -3.88. The summed E-state index contributed by atoms with van der Waals surface area (Å²) in [5.41, 5.74) is -0.390. The topological polar surface area (TPSA) is 97.0 Å². The number of aromatic hydroxyl groups is 1. The number of phenolic OH excluding ortho intramolecular Hbond substituents is 1. The highest BCUT2D eigenvalue weighted by atomic mass is 32.2. The number of fused-ring (bicyclic) bond motifs is 3. The summed E-state index contributed by atoms with van der Waals surface area (Å²) in [5, 5.41) is 11.0. The lowest BCUT2D eigenvalue weighted by atomic mass is 10.1. The summed E-state index contributed by atoms with van der Waals surface area (Å²) < 4.78 is 36.6. The van der Waals surface area contributed by atoms with Crippen LogP contribution in [0.5, 0.6) is 11.5 Å². The third kappa shape index (κ3) is 3.02. The first-order chi connectivity index (χ1) is 12.4. The van der Waals surface area contributed by atoms with Crippen LogP contribution in [0.25, 0.3) is 21.7 Å². The molecule has 8 heteroatoms. The third-order valence-corrected chi connectivity index (χ3v) is 5.90. The summed E-state index contributed by atoms with van der Waals surface area (Å²) in [4.78, 5) is 12.1. The summed E-state index contributed by atoms with van der Waals surface area (Å²) in [5.74, 6) is 0.0566. The molecule has 1 aliphatic heterocycles. The van der Waals surface area contributed by atoms with Crippen molar-refractivity contribution in [1.82, 2.24) is 4.31 Å². The first-order valence-corrected chi connectivity index (χ1v) is 9.70.